The van der Waals surface area contributed by atoms with Crippen molar-refractivity contribution >= 4 is 54.9 Å². The number of hydrogen-bond acceptors (Lipinski definition) is 4. The van der Waals surface area contributed by atoms with E-state index in [-0.39, 0.29) is 17.1 Å². The van der Waals surface area contributed by atoms with Crippen LogP contribution in [0.1, 0.15) is 12.5 Å². The fourth-order valence-electron chi connectivity index (χ4n) is 2.43. The van der Waals surface area contributed by atoms with E-state index in [1.807, 2.05) is 0 Å². The number of aromatic hydroxyl groups is 1. The summed E-state index contributed by atoms with van der Waals surface area (Å²) in [5.41, 5.74) is 1.11. The van der Waals surface area contributed by atoms with E-state index >= 15 is 0 Å². The zero-order valence-electron chi connectivity index (χ0n) is 13.6. The van der Waals surface area contributed by atoms with Crippen molar-refractivity contribution < 1.29 is 9.90 Å². The van der Waals surface area contributed by atoms with Gasteiger partial charge in [-0.3, -0.25) is 9.59 Å². The summed E-state index contributed by atoms with van der Waals surface area (Å²) in [6, 6.07) is 11.7. The summed E-state index contributed by atoms with van der Waals surface area (Å²) in [5.74, 6) is -0.246. The van der Waals surface area contributed by atoms with Crippen LogP contribution in [-0.4, -0.2) is 21.9 Å². The van der Waals surface area contributed by atoms with Crippen molar-refractivity contribution in [2.75, 3.05) is 5.12 Å². The average molecular weight is 479 g/mol. The van der Waals surface area contributed by atoms with Crippen LogP contribution < -0.4 is 10.5 Å². The monoisotopic (exact) mass is 477 g/mol. The number of fused-ring (bicyclic) bond motifs is 1. The van der Waals surface area contributed by atoms with Crippen molar-refractivity contribution in [3.05, 3.63) is 73.4 Å². The number of pyridine rings is 1. The summed E-state index contributed by atoms with van der Waals surface area (Å²) in [4.78, 5) is 24.2. The minimum atomic E-state index is -0.327. The number of para-hydroxylation sites is 1. The Hall–Kier alpha value is -2.45. The lowest BCUT2D eigenvalue weighted by Crippen LogP contribution is -2.34. The summed E-state index contributed by atoms with van der Waals surface area (Å²) in [7, 11) is 0. The van der Waals surface area contributed by atoms with Crippen LogP contribution in [0, 0.1) is 0 Å². The van der Waals surface area contributed by atoms with Gasteiger partial charge in [0.1, 0.15) is 5.75 Å². The topological polar surface area (TPSA) is 74.9 Å². The largest absolute Gasteiger partial charge is 0.506 e. The molecule has 1 aromatic heterocycles. The van der Waals surface area contributed by atoms with E-state index in [0.29, 0.717) is 25.4 Å². The molecule has 6 nitrogen and oxygen atoms in total. The first-order chi connectivity index (χ1) is 12.4. The number of amides is 1. The third-order valence-electron chi connectivity index (χ3n) is 3.62. The van der Waals surface area contributed by atoms with Crippen LogP contribution in [0.4, 0.5) is 0 Å². The van der Waals surface area contributed by atoms with Gasteiger partial charge in [-0.05, 0) is 61.7 Å². The predicted molar refractivity (Wildman–Crippen MR) is 108 cm³/mol. The molecule has 0 radical (unpaired) electrons. The molecule has 1 amide bonds. The number of carbonyl (C=O) groups excluding carboxylic acids is 1. The molecule has 3 rings (SSSR count). The Morgan fingerprint density at radius 3 is 2.50 bits per heavy atom. The molecule has 0 aliphatic carbocycles. The van der Waals surface area contributed by atoms with Crippen molar-refractivity contribution in [2.24, 2.45) is 5.10 Å². The van der Waals surface area contributed by atoms with Gasteiger partial charge in [0.25, 0.3) is 5.91 Å². The van der Waals surface area contributed by atoms with Gasteiger partial charge in [0.2, 0.25) is 0 Å². The number of phenolic OH excluding ortho intramolecular Hbond substituents is 1. The first kappa shape index (κ1) is 18.3. The van der Waals surface area contributed by atoms with Gasteiger partial charge in [-0.1, -0.05) is 12.1 Å². The molecule has 1 heterocycles. The van der Waals surface area contributed by atoms with E-state index in [4.69, 9.17) is 0 Å². The molecule has 2 aromatic carbocycles. The molecular formula is C18H13Br2N3O3. The second-order valence-corrected chi connectivity index (χ2v) is 7.14. The van der Waals surface area contributed by atoms with Crippen molar-refractivity contribution in [2.45, 2.75) is 6.92 Å². The molecule has 0 saturated heterocycles. The third-order valence-corrected chi connectivity index (χ3v) is 4.83. The first-order valence-electron chi connectivity index (χ1n) is 7.52. The van der Waals surface area contributed by atoms with Crippen LogP contribution in [-0.2, 0) is 4.79 Å². The van der Waals surface area contributed by atoms with Crippen molar-refractivity contribution in [1.82, 2.24) is 4.68 Å². The highest BCUT2D eigenvalue weighted by molar-refractivity contribution is 9.11. The predicted octanol–water partition coefficient (Wildman–Crippen LogP) is 3.75. The Morgan fingerprint density at radius 1 is 1.19 bits per heavy atom. The molecule has 26 heavy (non-hydrogen) atoms. The van der Waals surface area contributed by atoms with E-state index < -0.39 is 0 Å². The lowest BCUT2D eigenvalue weighted by atomic mass is 10.2. The van der Waals surface area contributed by atoms with Crippen molar-refractivity contribution in [1.29, 1.82) is 0 Å². The number of phenols is 1. The number of hydrogen-bond donors (Lipinski definition) is 1. The molecule has 0 atom stereocenters. The molecule has 1 N–H and O–H groups in total. The number of hydrazone groups is 1. The lowest BCUT2D eigenvalue weighted by Gasteiger charge is -2.20. The van der Waals surface area contributed by atoms with E-state index in [1.54, 1.807) is 36.4 Å². The molecule has 0 fully saturated rings. The van der Waals surface area contributed by atoms with Gasteiger partial charge in [0, 0.05) is 24.6 Å². The zero-order chi connectivity index (χ0) is 18.8. The van der Waals surface area contributed by atoms with Crippen molar-refractivity contribution in [3.8, 4) is 5.75 Å². The molecule has 0 aliphatic heterocycles. The van der Waals surface area contributed by atoms with Crippen LogP contribution in [0.2, 0.25) is 0 Å². The SMILES string of the molecule is CC(=O)N(N=Cc1cc(Br)c(O)c(Br)c1)n1ccc(=O)c2ccccc21. The van der Waals surface area contributed by atoms with Gasteiger partial charge in [0.15, 0.2) is 5.43 Å². The third kappa shape index (κ3) is 3.56. The highest BCUT2D eigenvalue weighted by atomic mass is 79.9. The maximum Gasteiger partial charge on any atom is 0.259 e. The first-order valence-corrected chi connectivity index (χ1v) is 9.10. The molecule has 0 aliphatic rings. The van der Waals surface area contributed by atoms with Crippen LogP contribution in [0.25, 0.3) is 10.9 Å². The number of rotatable bonds is 3. The fourth-order valence-corrected chi connectivity index (χ4v) is 3.65. The second-order valence-electron chi connectivity index (χ2n) is 5.43. The Balaban J connectivity index is 2.08. The summed E-state index contributed by atoms with van der Waals surface area (Å²) in [5, 5.41) is 15.7. The highest BCUT2D eigenvalue weighted by Gasteiger charge is 2.12. The maximum atomic E-state index is 12.1. The number of nitrogens with zero attached hydrogens (tertiary/aromatic N) is 3. The summed E-state index contributed by atoms with van der Waals surface area (Å²) >= 11 is 6.51. The molecule has 8 heteroatoms. The lowest BCUT2D eigenvalue weighted by molar-refractivity contribution is -0.118. The molecule has 0 spiro atoms. The minimum Gasteiger partial charge on any atom is -0.506 e. The molecule has 0 saturated carbocycles. The molecule has 0 unspecified atom stereocenters. The van der Waals surface area contributed by atoms with Gasteiger partial charge in [-0.25, -0.2) is 4.68 Å². The van der Waals surface area contributed by atoms with Gasteiger partial charge in [-0.2, -0.15) is 5.10 Å². The van der Waals surface area contributed by atoms with Gasteiger partial charge >= 0.3 is 0 Å². The molecule has 0 bridgehead atoms. The number of carbonyl (C=O) groups is 1. The van der Waals surface area contributed by atoms with E-state index in [1.165, 1.54) is 30.1 Å². The van der Waals surface area contributed by atoms with Crippen LogP contribution >= 0.6 is 31.9 Å². The number of benzene rings is 2. The number of halogens is 2. The zero-order valence-corrected chi connectivity index (χ0v) is 16.7. The van der Waals surface area contributed by atoms with Gasteiger partial charge in [-0.15, -0.1) is 5.12 Å². The van der Waals surface area contributed by atoms with Crippen LogP contribution in [0.15, 0.2) is 67.5 Å². The second kappa shape index (κ2) is 7.43. The standard InChI is InChI=1S/C18H13Br2N3O3/c1-11(24)23(21-10-12-8-14(19)18(26)15(20)9-12)22-7-6-17(25)13-4-2-3-5-16(13)22/h2-10,26H,1H3. The molecule has 3 aromatic rings. The molecular weight excluding hydrogens is 466 g/mol. The Kier molecular flexibility index (Phi) is 5.24. The summed E-state index contributed by atoms with van der Waals surface area (Å²) in [6.07, 6.45) is 3.00. The highest BCUT2D eigenvalue weighted by Crippen LogP contribution is 2.32. The van der Waals surface area contributed by atoms with Crippen LogP contribution in [0.3, 0.4) is 0 Å². The smallest absolute Gasteiger partial charge is 0.259 e. The van der Waals surface area contributed by atoms with Crippen molar-refractivity contribution in [3.63, 3.8) is 0 Å². The van der Waals surface area contributed by atoms with Crippen LogP contribution in [0.5, 0.6) is 5.75 Å². The normalized spacial score (nSPS) is 11.2. The summed E-state index contributed by atoms with van der Waals surface area (Å²) < 4.78 is 2.51. The van der Waals surface area contributed by atoms with E-state index in [2.05, 4.69) is 37.0 Å². The van der Waals surface area contributed by atoms with E-state index in [0.717, 1.165) is 5.12 Å². The Labute approximate surface area is 165 Å². The Bertz CT molecular complexity index is 1070. The van der Waals surface area contributed by atoms with Gasteiger partial charge in [0.05, 0.1) is 20.7 Å². The quantitative estimate of drug-likeness (QED) is 0.460. The molecule has 132 valence electrons. The Morgan fingerprint density at radius 2 is 1.85 bits per heavy atom. The minimum absolute atomic E-state index is 0.0805. The number of aromatic nitrogens is 1. The van der Waals surface area contributed by atoms with Gasteiger partial charge < -0.3 is 5.11 Å². The summed E-state index contributed by atoms with van der Waals surface area (Å²) in [6.45, 7) is 1.38. The fraction of sp³-hybridized carbons (Fsp3) is 0.0556. The van der Waals surface area contributed by atoms with E-state index in [9.17, 15) is 14.7 Å². The average Bonchev–Trinajstić information content (AvgIpc) is 2.61. The maximum absolute atomic E-state index is 12.1.